The summed E-state index contributed by atoms with van der Waals surface area (Å²) >= 11 is 0. The van der Waals surface area contributed by atoms with E-state index in [0.29, 0.717) is 0 Å². The van der Waals surface area contributed by atoms with Gasteiger partial charge in [0.05, 0.1) is 40.2 Å². The molecular weight excluding hydrogens is 430 g/mol. The Morgan fingerprint density at radius 2 is 1.23 bits per heavy atom. The smallest absolute Gasteiger partial charge is 0.160 e. The Morgan fingerprint density at radius 3 is 1.97 bits per heavy atom. The summed E-state index contributed by atoms with van der Waals surface area (Å²) < 4.78 is 2.29. The molecule has 0 bridgehead atoms. The molecule has 8 rings (SSSR count). The SMILES string of the molecule is c1ccc(-c2nc(-c3ccccc3)c3c(cc4c5ccncc5n5c6cnccc6c3c45)n2)cc1. The standard InChI is InChI=1S/C30H17N5/c1-3-7-18(8-4-1)28-27-23(33-30(34-28)19-9-5-2-6-10-19)15-22-20-11-13-31-16-24(20)35-25-17-32-14-12-21(25)26(27)29(22)35/h1-17H. The third kappa shape index (κ3) is 2.47. The first-order valence-corrected chi connectivity index (χ1v) is 11.6. The van der Waals surface area contributed by atoms with Gasteiger partial charge in [-0.15, -0.1) is 0 Å². The van der Waals surface area contributed by atoms with Crippen LogP contribution in [0, 0.1) is 0 Å². The van der Waals surface area contributed by atoms with Crippen molar-refractivity contribution in [2.75, 3.05) is 0 Å². The predicted octanol–water partition coefficient (Wildman–Crippen LogP) is 6.90. The molecule has 8 aromatic rings. The van der Waals surface area contributed by atoms with E-state index in [0.717, 1.165) is 71.6 Å². The summed E-state index contributed by atoms with van der Waals surface area (Å²) in [5.41, 5.74) is 7.24. The van der Waals surface area contributed by atoms with Crippen molar-refractivity contribution in [2.24, 2.45) is 0 Å². The lowest BCUT2D eigenvalue weighted by Crippen LogP contribution is -1.96. The zero-order valence-electron chi connectivity index (χ0n) is 18.6. The monoisotopic (exact) mass is 447 g/mol. The van der Waals surface area contributed by atoms with Crippen molar-refractivity contribution in [2.45, 2.75) is 0 Å². The number of aromatic nitrogens is 5. The number of nitrogens with zero attached hydrogens (tertiary/aromatic N) is 5. The van der Waals surface area contributed by atoms with E-state index in [1.165, 1.54) is 0 Å². The topological polar surface area (TPSA) is 56.0 Å². The van der Waals surface area contributed by atoms with Crippen LogP contribution in [0.3, 0.4) is 0 Å². The third-order valence-electron chi connectivity index (χ3n) is 6.90. The van der Waals surface area contributed by atoms with Gasteiger partial charge >= 0.3 is 0 Å². The molecule has 162 valence electrons. The molecule has 0 aliphatic rings. The summed E-state index contributed by atoms with van der Waals surface area (Å²) in [6.07, 6.45) is 7.59. The van der Waals surface area contributed by atoms with E-state index in [1.54, 1.807) is 0 Å². The van der Waals surface area contributed by atoms with Crippen LogP contribution in [0.4, 0.5) is 0 Å². The van der Waals surface area contributed by atoms with Gasteiger partial charge in [0.1, 0.15) is 0 Å². The van der Waals surface area contributed by atoms with Crippen molar-refractivity contribution in [1.82, 2.24) is 24.3 Å². The highest BCUT2D eigenvalue weighted by atomic mass is 14.9. The molecule has 35 heavy (non-hydrogen) atoms. The lowest BCUT2D eigenvalue weighted by Gasteiger charge is -2.11. The van der Waals surface area contributed by atoms with E-state index in [9.17, 15) is 0 Å². The van der Waals surface area contributed by atoms with Crippen molar-refractivity contribution >= 4 is 49.0 Å². The highest BCUT2D eigenvalue weighted by molar-refractivity contribution is 6.32. The minimum Gasteiger partial charge on any atom is -0.305 e. The maximum absolute atomic E-state index is 5.16. The first-order chi connectivity index (χ1) is 17.4. The number of hydrogen-bond acceptors (Lipinski definition) is 4. The normalized spacial score (nSPS) is 12.0. The summed E-state index contributed by atoms with van der Waals surface area (Å²) in [5, 5.41) is 5.69. The first-order valence-electron chi connectivity index (χ1n) is 11.6. The Morgan fingerprint density at radius 1 is 0.571 bits per heavy atom. The molecule has 0 saturated heterocycles. The molecule has 0 atom stereocenters. The zero-order valence-corrected chi connectivity index (χ0v) is 18.6. The largest absolute Gasteiger partial charge is 0.305 e. The molecule has 0 aliphatic carbocycles. The number of benzene rings is 3. The van der Waals surface area contributed by atoms with Gasteiger partial charge in [0, 0.05) is 50.5 Å². The van der Waals surface area contributed by atoms with Gasteiger partial charge in [0.2, 0.25) is 0 Å². The Balaban J connectivity index is 1.67. The van der Waals surface area contributed by atoms with Gasteiger partial charge in [-0.3, -0.25) is 9.97 Å². The Hall–Kier alpha value is -4.90. The van der Waals surface area contributed by atoms with Crippen LogP contribution >= 0.6 is 0 Å². The number of rotatable bonds is 2. The van der Waals surface area contributed by atoms with Gasteiger partial charge in [0.25, 0.3) is 0 Å². The molecule has 0 spiro atoms. The molecule has 0 amide bonds. The van der Waals surface area contributed by atoms with Crippen LogP contribution in [0.25, 0.3) is 71.6 Å². The summed E-state index contributed by atoms with van der Waals surface area (Å²) in [6.45, 7) is 0. The van der Waals surface area contributed by atoms with Crippen LogP contribution < -0.4 is 0 Å². The Bertz CT molecular complexity index is 2040. The maximum Gasteiger partial charge on any atom is 0.160 e. The van der Waals surface area contributed by atoms with Gasteiger partial charge < -0.3 is 4.40 Å². The molecule has 0 unspecified atom stereocenters. The second kappa shape index (κ2) is 6.81. The summed E-state index contributed by atoms with van der Waals surface area (Å²) in [7, 11) is 0. The van der Waals surface area contributed by atoms with E-state index < -0.39 is 0 Å². The van der Waals surface area contributed by atoms with E-state index in [4.69, 9.17) is 9.97 Å². The predicted molar refractivity (Wildman–Crippen MR) is 141 cm³/mol. The van der Waals surface area contributed by atoms with Crippen molar-refractivity contribution in [3.8, 4) is 22.6 Å². The highest BCUT2D eigenvalue weighted by Gasteiger charge is 2.23. The van der Waals surface area contributed by atoms with Crippen molar-refractivity contribution < 1.29 is 0 Å². The average Bonchev–Trinajstić information content (AvgIpc) is 3.45. The van der Waals surface area contributed by atoms with E-state index >= 15 is 0 Å². The van der Waals surface area contributed by atoms with Crippen LogP contribution in [0.15, 0.2) is 104 Å². The van der Waals surface area contributed by atoms with Crippen LogP contribution in [0.1, 0.15) is 0 Å². The molecule has 0 saturated carbocycles. The second-order valence-corrected chi connectivity index (χ2v) is 8.79. The van der Waals surface area contributed by atoms with Crippen molar-refractivity contribution in [1.29, 1.82) is 0 Å². The van der Waals surface area contributed by atoms with Crippen LogP contribution in [0.2, 0.25) is 0 Å². The fraction of sp³-hybridized carbons (Fsp3) is 0. The Kier molecular flexibility index (Phi) is 3.60. The van der Waals surface area contributed by atoms with E-state index in [-0.39, 0.29) is 0 Å². The lowest BCUT2D eigenvalue weighted by molar-refractivity contribution is 1.23. The van der Waals surface area contributed by atoms with Gasteiger partial charge in [-0.25, -0.2) is 9.97 Å². The summed E-state index contributed by atoms with van der Waals surface area (Å²) in [5.74, 6) is 0.724. The van der Waals surface area contributed by atoms with E-state index in [1.807, 2.05) is 49.1 Å². The van der Waals surface area contributed by atoms with Crippen LogP contribution in [0.5, 0.6) is 0 Å². The van der Waals surface area contributed by atoms with Gasteiger partial charge in [0.15, 0.2) is 5.82 Å². The maximum atomic E-state index is 5.16. The quantitative estimate of drug-likeness (QED) is 0.289. The number of fused-ring (bicyclic) bond motifs is 8. The van der Waals surface area contributed by atoms with Crippen LogP contribution in [-0.4, -0.2) is 24.3 Å². The summed E-state index contributed by atoms with van der Waals surface area (Å²) in [4.78, 5) is 19.2. The first kappa shape index (κ1) is 18.5. The molecule has 5 heterocycles. The third-order valence-corrected chi connectivity index (χ3v) is 6.90. The molecule has 5 nitrogen and oxygen atoms in total. The molecule has 0 fully saturated rings. The molecule has 5 heteroatoms. The molecule has 0 N–H and O–H groups in total. The van der Waals surface area contributed by atoms with E-state index in [2.05, 4.69) is 69.0 Å². The lowest BCUT2D eigenvalue weighted by atomic mass is 9.99. The Labute approximate surface area is 199 Å². The molecular formula is C30H17N5. The van der Waals surface area contributed by atoms with Gasteiger partial charge in [-0.1, -0.05) is 60.7 Å². The second-order valence-electron chi connectivity index (χ2n) is 8.79. The average molecular weight is 448 g/mol. The molecule has 0 aliphatic heterocycles. The van der Waals surface area contributed by atoms with Crippen molar-refractivity contribution in [3.05, 3.63) is 104 Å². The summed E-state index contributed by atoms with van der Waals surface area (Å²) in [6, 6.07) is 27.0. The number of hydrogen-bond donors (Lipinski definition) is 0. The fourth-order valence-electron chi connectivity index (χ4n) is 5.45. The molecule has 0 radical (unpaired) electrons. The minimum atomic E-state index is 0.724. The van der Waals surface area contributed by atoms with Crippen LogP contribution in [-0.2, 0) is 0 Å². The van der Waals surface area contributed by atoms with Crippen molar-refractivity contribution in [3.63, 3.8) is 0 Å². The van der Waals surface area contributed by atoms with Gasteiger partial charge in [-0.05, 0) is 18.2 Å². The highest BCUT2D eigenvalue weighted by Crippen LogP contribution is 2.44. The fourth-order valence-corrected chi connectivity index (χ4v) is 5.45. The molecule has 5 aromatic heterocycles. The minimum absolute atomic E-state index is 0.724. The number of pyridine rings is 2. The zero-order chi connectivity index (χ0) is 22.9. The van der Waals surface area contributed by atoms with Gasteiger partial charge in [-0.2, -0.15) is 0 Å². The molecule has 3 aromatic carbocycles.